The van der Waals surface area contributed by atoms with Crippen molar-refractivity contribution in [2.24, 2.45) is 0 Å². The highest BCUT2D eigenvalue weighted by atomic mass is 32.1. The largest absolute Gasteiger partial charge is 0.497 e. The van der Waals surface area contributed by atoms with Crippen molar-refractivity contribution in [2.45, 2.75) is 45.6 Å². The van der Waals surface area contributed by atoms with Crippen LogP contribution in [0.3, 0.4) is 0 Å². The third-order valence-electron chi connectivity index (χ3n) is 6.97. The van der Waals surface area contributed by atoms with E-state index in [1.54, 1.807) is 65.5 Å². The third kappa shape index (κ3) is 5.08. The quantitative estimate of drug-likeness (QED) is 0.341. The standard InChI is InChI=1S/C27H27F3N6O2S/c1-4-35-15-22(24(33-35)27(28,29)30)20-11-17(14-34-9-10-39-26(34)31)12-21-19(20)6-8-36(25(21)37)16(2)23-13-18(38-3)5-7-32-23/h5,7,9-13,15-16,31H,4,6,8,14H2,1-3H3/t16-/m0/s1. The summed E-state index contributed by atoms with van der Waals surface area (Å²) in [6, 6.07) is 6.55. The summed E-state index contributed by atoms with van der Waals surface area (Å²) in [5.74, 6) is 0.335. The number of pyridine rings is 1. The molecule has 8 nitrogen and oxygen atoms in total. The number of aromatic nitrogens is 4. The molecule has 0 saturated heterocycles. The molecule has 5 rings (SSSR count). The molecule has 12 heteroatoms. The maximum atomic E-state index is 14.1. The predicted octanol–water partition coefficient (Wildman–Crippen LogP) is 5.14. The number of aryl methyl sites for hydroxylation is 1. The molecule has 0 radical (unpaired) electrons. The second-order valence-electron chi connectivity index (χ2n) is 9.30. The summed E-state index contributed by atoms with van der Waals surface area (Å²) in [4.78, 5) is 20.3. The Bertz CT molecular complexity index is 1590. The minimum Gasteiger partial charge on any atom is -0.497 e. The van der Waals surface area contributed by atoms with Gasteiger partial charge in [-0.3, -0.25) is 19.9 Å². The zero-order valence-corrected chi connectivity index (χ0v) is 22.4. The number of nitrogens with zero attached hydrogens (tertiary/aromatic N) is 5. The first-order valence-corrected chi connectivity index (χ1v) is 13.3. The van der Waals surface area contributed by atoms with Gasteiger partial charge in [0.2, 0.25) is 0 Å². The lowest BCUT2D eigenvalue weighted by atomic mass is 9.87. The number of benzene rings is 1. The van der Waals surface area contributed by atoms with Gasteiger partial charge in [0.05, 0.1) is 18.8 Å². The Labute approximate surface area is 226 Å². The highest BCUT2D eigenvalue weighted by Crippen LogP contribution is 2.41. The van der Waals surface area contributed by atoms with Crippen LogP contribution in [0, 0.1) is 5.41 Å². The number of hydrogen-bond donors (Lipinski definition) is 1. The fraction of sp³-hybridized carbons (Fsp3) is 0.333. The van der Waals surface area contributed by atoms with Crippen molar-refractivity contribution < 1.29 is 22.7 Å². The summed E-state index contributed by atoms with van der Waals surface area (Å²) >= 11 is 1.25. The number of rotatable bonds is 7. The number of fused-ring (bicyclic) bond motifs is 1. The summed E-state index contributed by atoms with van der Waals surface area (Å²) in [5.41, 5.74) is 1.51. The molecule has 0 saturated carbocycles. The van der Waals surface area contributed by atoms with Gasteiger partial charge in [-0.25, -0.2) is 0 Å². The maximum Gasteiger partial charge on any atom is 0.435 e. The summed E-state index contributed by atoms with van der Waals surface area (Å²) < 4.78 is 50.5. The summed E-state index contributed by atoms with van der Waals surface area (Å²) in [7, 11) is 1.55. The van der Waals surface area contributed by atoms with Gasteiger partial charge in [0, 0.05) is 60.8 Å². The van der Waals surface area contributed by atoms with Gasteiger partial charge >= 0.3 is 6.18 Å². The van der Waals surface area contributed by atoms with Crippen LogP contribution in [0.15, 0.2) is 48.2 Å². The fourth-order valence-electron chi connectivity index (χ4n) is 4.94. The molecular formula is C27H27F3N6O2S. The van der Waals surface area contributed by atoms with Crippen molar-refractivity contribution in [3.8, 4) is 16.9 Å². The van der Waals surface area contributed by atoms with Crippen LogP contribution in [-0.2, 0) is 25.7 Å². The second-order valence-corrected chi connectivity index (χ2v) is 10.2. The second kappa shape index (κ2) is 10.3. The number of alkyl halides is 3. The van der Waals surface area contributed by atoms with Crippen LogP contribution >= 0.6 is 11.3 Å². The number of halogens is 3. The lowest BCUT2D eigenvalue weighted by Gasteiger charge is -2.34. The first-order chi connectivity index (χ1) is 18.6. The Kier molecular flexibility index (Phi) is 7.06. The Morgan fingerprint density at radius 1 is 1.21 bits per heavy atom. The highest BCUT2D eigenvalue weighted by molar-refractivity contribution is 7.06. The zero-order chi connectivity index (χ0) is 27.9. The molecule has 0 spiro atoms. The van der Waals surface area contributed by atoms with E-state index in [4.69, 9.17) is 10.1 Å². The van der Waals surface area contributed by atoms with E-state index in [2.05, 4.69) is 10.1 Å². The molecule has 204 valence electrons. The molecule has 1 amide bonds. The molecule has 1 aliphatic heterocycles. The third-order valence-corrected chi connectivity index (χ3v) is 7.68. The van der Waals surface area contributed by atoms with Crippen LogP contribution in [0.2, 0.25) is 0 Å². The summed E-state index contributed by atoms with van der Waals surface area (Å²) in [6.45, 7) is 4.43. The lowest BCUT2D eigenvalue weighted by molar-refractivity contribution is -0.141. The number of methoxy groups -OCH3 is 1. The first-order valence-electron chi connectivity index (χ1n) is 12.4. The molecule has 39 heavy (non-hydrogen) atoms. The molecule has 1 N–H and O–H groups in total. The smallest absolute Gasteiger partial charge is 0.435 e. The number of nitrogens with one attached hydrogen (secondary N) is 1. The molecule has 1 aliphatic rings. The normalized spacial score (nSPS) is 14.4. The van der Waals surface area contributed by atoms with Gasteiger partial charge in [-0.15, -0.1) is 11.3 Å². The predicted molar refractivity (Wildman–Crippen MR) is 140 cm³/mol. The van der Waals surface area contributed by atoms with E-state index in [9.17, 15) is 18.0 Å². The van der Waals surface area contributed by atoms with Gasteiger partial charge in [-0.2, -0.15) is 18.3 Å². The van der Waals surface area contributed by atoms with E-state index in [1.165, 1.54) is 22.2 Å². The van der Waals surface area contributed by atoms with E-state index in [0.717, 1.165) is 0 Å². The van der Waals surface area contributed by atoms with Gasteiger partial charge in [-0.05, 0) is 55.2 Å². The summed E-state index contributed by atoms with van der Waals surface area (Å²) in [5, 5.41) is 13.7. The average Bonchev–Trinajstić information content (AvgIpc) is 3.54. The Balaban J connectivity index is 1.64. The fourth-order valence-corrected chi connectivity index (χ4v) is 5.54. The van der Waals surface area contributed by atoms with E-state index in [0.29, 0.717) is 51.5 Å². The van der Waals surface area contributed by atoms with Crippen LogP contribution in [0.5, 0.6) is 5.75 Å². The number of ether oxygens (including phenoxy) is 1. The molecule has 0 fully saturated rings. The molecule has 4 aromatic rings. The Morgan fingerprint density at radius 2 is 1.97 bits per heavy atom. The minimum atomic E-state index is -4.66. The Morgan fingerprint density at radius 3 is 2.64 bits per heavy atom. The van der Waals surface area contributed by atoms with Gasteiger partial charge in [0.15, 0.2) is 10.5 Å². The molecule has 0 bridgehead atoms. The van der Waals surface area contributed by atoms with Crippen molar-refractivity contribution in [3.05, 3.63) is 81.1 Å². The van der Waals surface area contributed by atoms with Gasteiger partial charge in [0.1, 0.15) is 5.75 Å². The molecule has 1 aromatic carbocycles. The van der Waals surface area contributed by atoms with E-state index < -0.39 is 11.9 Å². The minimum absolute atomic E-state index is 0.0485. The maximum absolute atomic E-state index is 14.1. The van der Waals surface area contributed by atoms with Crippen molar-refractivity contribution in [2.75, 3.05) is 13.7 Å². The van der Waals surface area contributed by atoms with Crippen LogP contribution in [0.1, 0.15) is 52.8 Å². The molecule has 0 aliphatic carbocycles. The number of thiazole rings is 1. The van der Waals surface area contributed by atoms with Crippen LogP contribution in [-0.4, -0.2) is 43.8 Å². The van der Waals surface area contributed by atoms with Crippen molar-refractivity contribution in [3.63, 3.8) is 0 Å². The van der Waals surface area contributed by atoms with Crippen LogP contribution in [0.4, 0.5) is 13.2 Å². The van der Waals surface area contributed by atoms with Crippen molar-refractivity contribution in [1.29, 1.82) is 5.41 Å². The summed E-state index contributed by atoms with van der Waals surface area (Å²) in [6.07, 6.45) is 0.466. The van der Waals surface area contributed by atoms with Crippen LogP contribution < -0.4 is 9.54 Å². The van der Waals surface area contributed by atoms with E-state index in [1.807, 2.05) is 6.92 Å². The first kappa shape index (κ1) is 26.7. The molecule has 3 aromatic heterocycles. The van der Waals surface area contributed by atoms with Gasteiger partial charge in [0.25, 0.3) is 5.91 Å². The molecular weight excluding hydrogens is 529 g/mol. The van der Waals surface area contributed by atoms with Gasteiger partial charge < -0.3 is 14.2 Å². The molecule has 4 heterocycles. The van der Waals surface area contributed by atoms with Crippen molar-refractivity contribution in [1.82, 2.24) is 24.2 Å². The van der Waals surface area contributed by atoms with Crippen molar-refractivity contribution >= 4 is 17.2 Å². The Hall–Kier alpha value is -3.93. The SMILES string of the molecule is CCn1cc(-c2cc(Cn3ccsc3=N)cc3c2CCN([C@@H](C)c2cc(OC)ccn2)C3=O)c(C(F)(F)F)n1. The number of carbonyl (C=O) groups is 1. The van der Waals surface area contributed by atoms with Gasteiger partial charge in [-0.1, -0.05) is 0 Å². The van der Waals surface area contributed by atoms with E-state index in [-0.39, 0.29) is 30.6 Å². The number of amides is 1. The number of carbonyl (C=O) groups excluding carboxylic acids is 1. The monoisotopic (exact) mass is 556 g/mol. The highest BCUT2D eigenvalue weighted by Gasteiger charge is 2.39. The van der Waals surface area contributed by atoms with E-state index >= 15 is 0 Å². The van der Waals surface area contributed by atoms with Crippen LogP contribution in [0.25, 0.3) is 11.1 Å². The topological polar surface area (TPSA) is 89.0 Å². The number of hydrogen-bond acceptors (Lipinski definition) is 6. The average molecular weight is 557 g/mol. The lowest BCUT2D eigenvalue weighted by Crippen LogP contribution is -2.40. The molecule has 0 unspecified atom stereocenters. The zero-order valence-electron chi connectivity index (χ0n) is 21.6. The molecule has 1 atom stereocenters.